The number of nitriles is 1. The molecule has 1 unspecified atom stereocenters. The van der Waals surface area contributed by atoms with Gasteiger partial charge in [-0.05, 0) is 0 Å². The molecule has 0 bridgehead atoms. The maximum absolute atomic E-state index is 13.5. The number of fused-ring (bicyclic) bond motifs is 1. The Morgan fingerprint density at radius 1 is 1.70 bits per heavy atom. The van der Waals surface area contributed by atoms with Gasteiger partial charge in [0.2, 0.25) is 0 Å². The Morgan fingerprint density at radius 3 is 3.00 bits per heavy atom. The molecule has 0 aromatic carbocycles. The second-order valence-electron chi connectivity index (χ2n) is 4.17. The molecule has 1 fully saturated rings. The van der Waals surface area contributed by atoms with Crippen molar-refractivity contribution >= 4 is 40.8 Å². The number of thiocarbonyl (C=S) groups is 1. The highest BCUT2D eigenvalue weighted by molar-refractivity contribution is 8.00. The van der Waals surface area contributed by atoms with Crippen molar-refractivity contribution in [3.8, 4) is 6.07 Å². The molecule has 0 spiro atoms. The highest BCUT2D eigenvalue weighted by Crippen LogP contribution is 2.40. The molecule has 2 aliphatic rings. The fourth-order valence-electron chi connectivity index (χ4n) is 2.00. The van der Waals surface area contributed by atoms with Crippen LogP contribution in [-0.4, -0.2) is 44.0 Å². The fourth-order valence-corrected chi connectivity index (χ4v) is 3.42. The first-order valence-electron chi connectivity index (χ1n) is 5.70. The third-order valence-electron chi connectivity index (χ3n) is 2.90. The number of carboxylic acids is 1. The number of carboxylic acid groups (broad SMARTS) is 1. The fraction of sp³-hybridized carbons (Fsp3) is 0.455. The molecular formula is C11H10FN3O3S2. The van der Waals surface area contributed by atoms with Gasteiger partial charge in [-0.3, -0.25) is 9.69 Å². The lowest BCUT2D eigenvalue weighted by Gasteiger charge is -2.48. The number of hydrogen-bond donors (Lipinski definition) is 2. The highest BCUT2D eigenvalue weighted by Gasteiger charge is 2.54. The van der Waals surface area contributed by atoms with Crippen LogP contribution in [-0.2, 0) is 9.59 Å². The van der Waals surface area contributed by atoms with E-state index in [1.807, 2.05) is 6.07 Å². The quantitative estimate of drug-likeness (QED) is 0.584. The number of carbonyl (C=O) groups is 2. The van der Waals surface area contributed by atoms with Gasteiger partial charge in [0.25, 0.3) is 5.91 Å². The van der Waals surface area contributed by atoms with Crippen molar-refractivity contribution < 1.29 is 19.1 Å². The summed E-state index contributed by atoms with van der Waals surface area (Å²) >= 11 is 6.14. The van der Waals surface area contributed by atoms with E-state index >= 15 is 0 Å². The molecular weight excluding hydrogens is 305 g/mol. The normalized spacial score (nSPS) is 24.6. The molecule has 1 amide bonds. The van der Waals surface area contributed by atoms with Crippen LogP contribution in [0.5, 0.6) is 0 Å². The average Bonchev–Trinajstić information content (AvgIpc) is 2.41. The number of nitrogens with zero attached hydrogens (tertiary/aromatic N) is 2. The Hall–Kier alpha value is -1.66. The minimum Gasteiger partial charge on any atom is -0.476 e. The molecule has 0 aromatic heterocycles. The van der Waals surface area contributed by atoms with Crippen LogP contribution in [0.15, 0.2) is 11.5 Å². The van der Waals surface area contributed by atoms with E-state index in [0.29, 0.717) is 11.4 Å². The maximum atomic E-state index is 13.5. The Balaban J connectivity index is 2.07. The van der Waals surface area contributed by atoms with E-state index in [2.05, 4.69) is 5.32 Å². The zero-order valence-corrected chi connectivity index (χ0v) is 11.8. The SMILES string of the molecule is N#CCCC(=S)NC1C(=O)N2C(C(=O)O)=C(F)CS[C@H]12. The predicted octanol–water partition coefficient (Wildman–Crippen LogP) is 0.757. The highest BCUT2D eigenvalue weighted by atomic mass is 32.2. The van der Waals surface area contributed by atoms with E-state index in [0.717, 1.165) is 16.7 Å². The van der Waals surface area contributed by atoms with Crippen molar-refractivity contribution in [3.05, 3.63) is 11.5 Å². The van der Waals surface area contributed by atoms with Crippen LogP contribution in [0, 0.1) is 11.3 Å². The number of amides is 1. The lowest BCUT2D eigenvalue weighted by molar-refractivity contribution is -0.148. The predicted molar refractivity (Wildman–Crippen MR) is 73.2 cm³/mol. The first-order chi connectivity index (χ1) is 9.47. The van der Waals surface area contributed by atoms with Gasteiger partial charge < -0.3 is 10.4 Å². The molecule has 1 saturated heterocycles. The van der Waals surface area contributed by atoms with Crippen molar-refractivity contribution in [1.29, 1.82) is 5.26 Å². The van der Waals surface area contributed by atoms with Crippen LogP contribution in [0.25, 0.3) is 0 Å². The van der Waals surface area contributed by atoms with Crippen LogP contribution >= 0.6 is 24.0 Å². The van der Waals surface area contributed by atoms with Crippen LogP contribution < -0.4 is 5.32 Å². The topological polar surface area (TPSA) is 93.4 Å². The Morgan fingerprint density at radius 2 is 2.40 bits per heavy atom. The zero-order valence-electron chi connectivity index (χ0n) is 10.1. The average molecular weight is 315 g/mol. The van der Waals surface area contributed by atoms with E-state index in [1.54, 1.807) is 0 Å². The van der Waals surface area contributed by atoms with Crippen LogP contribution in [0.4, 0.5) is 4.39 Å². The summed E-state index contributed by atoms with van der Waals surface area (Å²) in [6.45, 7) is 0. The van der Waals surface area contributed by atoms with E-state index in [9.17, 15) is 14.0 Å². The Bertz CT molecular complexity index is 558. The molecule has 20 heavy (non-hydrogen) atoms. The summed E-state index contributed by atoms with van der Waals surface area (Å²) in [6, 6.07) is 1.28. The van der Waals surface area contributed by atoms with Crippen molar-refractivity contribution in [3.63, 3.8) is 0 Å². The first-order valence-corrected chi connectivity index (χ1v) is 7.16. The van der Waals surface area contributed by atoms with Gasteiger partial charge in [0.1, 0.15) is 17.2 Å². The number of aliphatic carboxylic acids is 1. The summed E-state index contributed by atoms with van der Waals surface area (Å²) in [5.41, 5.74) is -0.584. The third kappa shape index (κ3) is 2.48. The van der Waals surface area contributed by atoms with Crippen molar-refractivity contribution in [2.75, 3.05) is 5.75 Å². The number of thioether (sulfide) groups is 1. The van der Waals surface area contributed by atoms with Crippen molar-refractivity contribution in [1.82, 2.24) is 10.2 Å². The molecule has 2 N–H and O–H groups in total. The number of carbonyl (C=O) groups excluding carboxylic acids is 1. The molecule has 0 radical (unpaired) electrons. The molecule has 2 aliphatic heterocycles. The van der Waals surface area contributed by atoms with Gasteiger partial charge in [0, 0.05) is 18.6 Å². The Kier molecular flexibility index (Phi) is 4.25. The molecule has 106 valence electrons. The van der Waals surface area contributed by atoms with Gasteiger partial charge in [-0.15, -0.1) is 11.8 Å². The summed E-state index contributed by atoms with van der Waals surface area (Å²) < 4.78 is 13.5. The molecule has 6 nitrogen and oxygen atoms in total. The molecule has 0 aliphatic carbocycles. The van der Waals surface area contributed by atoms with E-state index in [-0.39, 0.29) is 12.2 Å². The van der Waals surface area contributed by atoms with E-state index < -0.39 is 34.8 Å². The number of rotatable bonds is 4. The van der Waals surface area contributed by atoms with Gasteiger partial charge in [0.05, 0.1) is 11.1 Å². The number of hydrogen-bond acceptors (Lipinski definition) is 5. The zero-order chi connectivity index (χ0) is 14.9. The van der Waals surface area contributed by atoms with Crippen LogP contribution in [0.3, 0.4) is 0 Å². The lowest BCUT2D eigenvalue weighted by atomic mass is 10.0. The lowest BCUT2D eigenvalue weighted by Crippen LogP contribution is -2.70. The van der Waals surface area contributed by atoms with Crippen LogP contribution in [0.2, 0.25) is 0 Å². The minimum atomic E-state index is -1.45. The standard InChI is InChI=1S/C11H10FN3O3S2/c12-5-4-20-10-7(14-6(19)2-1-3-13)9(16)15(10)8(5)11(17)18/h7,10H,1-2,4H2,(H,14,19)(H,17,18)/t7?,10-/m1/s1. The summed E-state index contributed by atoms with van der Waals surface area (Å²) in [5, 5.41) is 19.7. The van der Waals surface area contributed by atoms with Crippen molar-refractivity contribution in [2.24, 2.45) is 0 Å². The number of β-lactam (4-membered cyclic amide) rings is 1. The maximum Gasteiger partial charge on any atom is 0.355 e. The molecule has 2 atom stereocenters. The smallest absolute Gasteiger partial charge is 0.355 e. The van der Waals surface area contributed by atoms with Crippen molar-refractivity contribution in [2.45, 2.75) is 24.3 Å². The minimum absolute atomic E-state index is 0.0841. The third-order valence-corrected chi connectivity index (χ3v) is 4.47. The second-order valence-corrected chi connectivity index (χ2v) is 5.77. The molecule has 0 aromatic rings. The molecule has 2 heterocycles. The molecule has 9 heteroatoms. The summed E-state index contributed by atoms with van der Waals surface area (Å²) in [5.74, 6) is -2.86. The first kappa shape index (κ1) is 14.7. The monoisotopic (exact) mass is 315 g/mol. The summed E-state index contributed by atoms with van der Waals surface area (Å²) in [4.78, 5) is 24.2. The summed E-state index contributed by atoms with van der Waals surface area (Å²) in [7, 11) is 0. The van der Waals surface area contributed by atoms with Gasteiger partial charge in [-0.2, -0.15) is 5.26 Å². The van der Waals surface area contributed by atoms with Gasteiger partial charge in [-0.1, -0.05) is 12.2 Å². The van der Waals surface area contributed by atoms with E-state index in [1.165, 1.54) is 0 Å². The van der Waals surface area contributed by atoms with Gasteiger partial charge in [0.15, 0.2) is 5.70 Å². The molecule has 2 rings (SSSR count). The second kappa shape index (κ2) is 5.76. The van der Waals surface area contributed by atoms with Gasteiger partial charge in [-0.25, -0.2) is 9.18 Å². The van der Waals surface area contributed by atoms with E-state index in [4.69, 9.17) is 22.6 Å². The van der Waals surface area contributed by atoms with Crippen LogP contribution in [0.1, 0.15) is 12.8 Å². The van der Waals surface area contributed by atoms with Gasteiger partial charge >= 0.3 is 5.97 Å². The number of nitrogens with one attached hydrogen (secondary N) is 1. The largest absolute Gasteiger partial charge is 0.476 e. The molecule has 0 saturated carbocycles. The number of halogens is 1. The Labute approximate surface area is 123 Å². The summed E-state index contributed by atoms with van der Waals surface area (Å²) in [6.07, 6.45) is 0.576.